The lowest BCUT2D eigenvalue weighted by Crippen LogP contribution is -2.07. The molecule has 25 heavy (non-hydrogen) atoms. The van der Waals surface area contributed by atoms with Crippen LogP contribution in [0.2, 0.25) is 0 Å². The number of carbonyl (C=O) groups excluding carboxylic acids is 1. The number of furan rings is 1. The van der Waals surface area contributed by atoms with Crippen LogP contribution in [0.15, 0.2) is 65.1 Å². The third-order valence-corrected chi connectivity index (χ3v) is 3.33. The third-order valence-electron chi connectivity index (χ3n) is 3.33. The average Bonchev–Trinajstić information content (AvgIpc) is 3.11. The molecule has 0 aliphatic carbocycles. The van der Waals surface area contributed by atoms with Crippen LogP contribution in [0.1, 0.15) is 16.3 Å². The maximum absolute atomic E-state index is 12.8. The second kappa shape index (κ2) is 7.53. The van der Waals surface area contributed by atoms with Gasteiger partial charge in [-0.25, -0.2) is 9.18 Å². The summed E-state index contributed by atoms with van der Waals surface area (Å²) in [7, 11) is 1.55. The summed E-state index contributed by atoms with van der Waals surface area (Å²) in [6, 6.07) is 15.4. The molecule has 3 rings (SSSR count). The van der Waals surface area contributed by atoms with E-state index in [2.05, 4.69) is 0 Å². The molecule has 0 radical (unpaired) electrons. The monoisotopic (exact) mass is 342 g/mol. The molecular formula is C19H15FO5. The molecule has 0 N–H and O–H groups in total. The predicted molar refractivity (Wildman–Crippen MR) is 87.4 cm³/mol. The smallest absolute Gasteiger partial charge is 0.379 e. The summed E-state index contributed by atoms with van der Waals surface area (Å²) >= 11 is 0. The Balaban J connectivity index is 1.58. The van der Waals surface area contributed by atoms with Crippen molar-refractivity contribution in [1.29, 1.82) is 0 Å². The first-order valence-electron chi connectivity index (χ1n) is 7.47. The Morgan fingerprint density at radius 1 is 0.920 bits per heavy atom. The second-order valence-electron chi connectivity index (χ2n) is 5.07. The van der Waals surface area contributed by atoms with Gasteiger partial charge in [0.15, 0.2) is 0 Å². The number of esters is 1. The molecule has 0 atom stereocenters. The molecule has 5 nitrogen and oxygen atoms in total. The van der Waals surface area contributed by atoms with E-state index in [4.69, 9.17) is 18.6 Å². The van der Waals surface area contributed by atoms with E-state index in [1.54, 1.807) is 37.4 Å². The SMILES string of the molecule is COc1ccc(OC(=O)c2ccc(COc3ccc(F)cc3)o2)cc1. The van der Waals surface area contributed by atoms with Crippen LogP contribution in [0.25, 0.3) is 0 Å². The van der Waals surface area contributed by atoms with E-state index in [0.717, 1.165) is 0 Å². The first-order valence-corrected chi connectivity index (χ1v) is 7.47. The molecular weight excluding hydrogens is 327 g/mol. The van der Waals surface area contributed by atoms with E-state index in [-0.39, 0.29) is 18.2 Å². The normalized spacial score (nSPS) is 10.3. The number of hydrogen-bond donors (Lipinski definition) is 0. The van der Waals surface area contributed by atoms with E-state index < -0.39 is 5.97 Å². The molecule has 0 aliphatic heterocycles. The Bertz CT molecular complexity index is 837. The van der Waals surface area contributed by atoms with E-state index >= 15 is 0 Å². The van der Waals surface area contributed by atoms with Gasteiger partial charge in [0, 0.05) is 0 Å². The van der Waals surface area contributed by atoms with Gasteiger partial charge < -0.3 is 18.6 Å². The Morgan fingerprint density at radius 3 is 2.24 bits per heavy atom. The van der Waals surface area contributed by atoms with Crippen LogP contribution < -0.4 is 14.2 Å². The summed E-state index contributed by atoms with van der Waals surface area (Å²) in [6.45, 7) is 0.113. The first kappa shape index (κ1) is 16.6. The van der Waals surface area contributed by atoms with Crippen LogP contribution in [0.4, 0.5) is 4.39 Å². The second-order valence-corrected chi connectivity index (χ2v) is 5.07. The van der Waals surface area contributed by atoms with Crippen molar-refractivity contribution in [2.45, 2.75) is 6.61 Å². The van der Waals surface area contributed by atoms with Gasteiger partial charge in [0.1, 0.15) is 35.4 Å². The molecule has 3 aromatic rings. The van der Waals surface area contributed by atoms with Crippen LogP contribution >= 0.6 is 0 Å². The van der Waals surface area contributed by atoms with Crippen LogP contribution in [0, 0.1) is 5.82 Å². The largest absolute Gasteiger partial charge is 0.497 e. The molecule has 0 spiro atoms. The molecule has 0 fully saturated rings. The summed E-state index contributed by atoms with van der Waals surface area (Å²) in [5.41, 5.74) is 0. The maximum atomic E-state index is 12.8. The van der Waals surface area contributed by atoms with Crippen molar-refractivity contribution >= 4 is 5.97 Å². The number of hydrogen-bond acceptors (Lipinski definition) is 5. The van der Waals surface area contributed by atoms with Gasteiger partial charge in [-0.2, -0.15) is 0 Å². The molecule has 1 aromatic heterocycles. The number of methoxy groups -OCH3 is 1. The van der Waals surface area contributed by atoms with Crippen LogP contribution in [0.5, 0.6) is 17.2 Å². The van der Waals surface area contributed by atoms with Gasteiger partial charge >= 0.3 is 5.97 Å². The molecule has 6 heteroatoms. The highest BCUT2D eigenvalue weighted by molar-refractivity contribution is 5.88. The Labute approximate surface area is 143 Å². The highest BCUT2D eigenvalue weighted by Crippen LogP contribution is 2.19. The topological polar surface area (TPSA) is 57.9 Å². The maximum Gasteiger partial charge on any atom is 0.379 e. The lowest BCUT2D eigenvalue weighted by Gasteiger charge is -2.04. The minimum absolute atomic E-state index is 0.0634. The molecule has 0 saturated heterocycles. The van der Waals surface area contributed by atoms with Gasteiger partial charge in [0.25, 0.3) is 0 Å². The minimum Gasteiger partial charge on any atom is -0.497 e. The van der Waals surface area contributed by atoms with Gasteiger partial charge in [0.05, 0.1) is 7.11 Å². The van der Waals surface area contributed by atoms with Crippen molar-refractivity contribution in [2.75, 3.05) is 7.11 Å². The fourth-order valence-corrected chi connectivity index (χ4v) is 2.05. The van der Waals surface area contributed by atoms with E-state index in [9.17, 15) is 9.18 Å². The number of ether oxygens (including phenoxy) is 3. The average molecular weight is 342 g/mol. The summed E-state index contributed by atoms with van der Waals surface area (Å²) in [4.78, 5) is 12.1. The number of rotatable bonds is 6. The van der Waals surface area contributed by atoms with Crippen molar-refractivity contribution in [2.24, 2.45) is 0 Å². The van der Waals surface area contributed by atoms with E-state index in [1.165, 1.54) is 30.3 Å². The van der Waals surface area contributed by atoms with Gasteiger partial charge in [0.2, 0.25) is 5.76 Å². The predicted octanol–water partition coefficient (Wildman–Crippen LogP) is 4.23. The van der Waals surface area contributed by atoms with Gasteiger partial charge in [-0.15, -0.1) is 0 Å². The molecule has 0 unspecified atom stereocenters. The lowest BCUT2D eigenvalue weighted by molar-refractivity contribution is 0.0697. The highest BCUT2D eigenvalue weighted by atomic mass is 19.1. The van der Waals surface area contributed by atoms with Crippen LogP contribution in [-0.2, 0) is 6.61 Å². The fraction of sp³-hybridized carbons (Fsp3) is 0.105. The Hall–Kier alpha value is -3.28. The molecule has 128 valence electrons. The number of benzene rings is 2. The first-order chi connectivity index (χ1) is 12.1. The van der Waals surface area contributed by atoms with E-state index in [1.807, 2.05) is 0 Å². The van der Waals surface area contributed by atoms with Gasteiger partial charge in [-0.1, -0.05) is 0 Å². The van der Waals surface area contributed by atoms with Crippen molar-refractivity contribution in [3.63, 3.8) is 0 Å². The fourth-order valence-electron chi connectivity index (χ4n) is 2.05. The van der Waals surface area contributed by atoms with Crippen molar-refractivity contribution in [3.8, 4) is 17.2 Å². The molecule has 0 amide bonds. The zero-order chi connectivity index (χ0) is 17.6. The summed E-state index contributed by atoms with van der Waals surface area (Å²) in [6.07, 6.45) is 0. The summed E-state index contributed by atoms with van der Waals surface area (Å²) in [5.74, 6) is 1.11. The quantitative estimate of drug-likeness (QED) is 0.496. The third kappa shape index (κ3) is 4.38. The standard InChI is InChI=1S/C19H15FO5/c1-22-14-6-8-16(9-7-14)25-19(21)18-11-10-17(24-18)12-23-15-4-2-13(20)3-5-15/h2-11H,12H2,1H3. The van der Waals surface area contributed by atoms with Crippen LogP contribution in [-0.4, -0.2) is 13.1 Å². The van der Waals surface area contributed by atoms with Crippen molar-refractivity contribution < 1.29 is 27.8 Å². The molecule has 0 saturated carbocycles. The van der Waals surface area contributed by atoms with Crippen molar-refractivity contribution in [3.05, 3.63) is 78.0 Å². The summed E-state index contributed by atoms with van der Waals surface area (Å²) < 4.78 is 34.0. The van der Waals surface area contributed by atoms with Gasteiger partial charge in [-0.05, 0) is 60.7 Å². The highest BCUT2D eigenvalue weighted by Gasteiger charge is 2.14. The zero-order valence-electron chi connectivity index (χ0n) is 13.4. The lowest BCUT2D eigenvalue weighted by atomic mass is 10.3. The number of carbonyl (C=O) groups is 1. The molecule has 1 heterocycles. The minimum atomic E-state index is -0.613. The van der Waals surface area contributed by atoms with Crippen LogP contribution in [0.3, 0.4) is 0 Å². The Morgan fingerprint density at radius 2 is 1.56 bits per heavy atom. The van der Waals surface area contributed by atoms with Crippen molar-refractivity contribution in [1.82, 2.24) is 0 Å². The zero-order valence-corrected chi connectivity index (χ0v) is 13.4. The van der Waals surface area contributed by atoms with Gasteiger partial charge in [-0.3, -0.25) is 0 Å². The molecule has 0 bridgehead atoms. The Kier molecular flexibility index (Phi) is 4.99. The molecule has 0 aliphatic rings. The van der Waals surface area contributed by atoms with E-state index in [0.29, 0.717) is 23.0 Å². The molecule has 2 aromatic carbocycles. The number of halogens is 1. The summed E-state index contributed by atoms with van der Waals surface area (Å²) in [5, 5.41) is 0.